The second kappa shape index (κ2) is 3.01. The zero-order chi connectivity index (χ0) is 7.56. The third-order valence-corrected chi connectivity index (χ3v) is 1.84. The Morgan fingerprint density at radius 1 is 1.60 bits per heavy atom. The van der Waals surface area contributed by atoms with Gasteiger partial charge in [0.25, 0.3) is 0 Å². The highest BCUT2D eigenvalue weighted by Gasteiger charge is 2.29. The first kappa shape index (κ1) is 7.54. The fraction of sp³-hybridized carbons (Fsp3) is 0.857. The minimum absolute atomic E-state index is 0.167. The van der Waals surface area contributed by atoms with Crippen molar-refractivity contribution in [2.45, 2.75) is 31.9 Å². The van der Waals surface area contributed by atoms with E-state index in [2.05, 4.69) is 5.32 Å². The van der Waals surface area contributed by atoms with E-state index < -0.39 is 0 Å². The van der Waals surface area contributed by atoms with E-state index in [9.17, 15) is 4.79 Å². The molecule has 1 aliphatic carbocycles. The standard InChI is InChI=1S/C7H13NO2/c1-5(9)10-7-3-6(4-7)8-2/h6-8H,3-4H2,1-2H3. The lowest BCUT2D eigenvalue weighted by Crippen LogP contribution is -2.44. The molecule has 1 aliphatic rings. The van der Waals surface area contributed by atoms with Gasteiger partial charge in [0.05, 0.1) is 0 Å². The molecule has 1 rings (SSSR count). The third kappa shape index (κ3) is 1.70. The zero-order valence-electron chi connectivity index (χ0n) is 6.39. The number of hydrogen-bond donors (Lipinski definition) is 1. The largest absolute Gasteiger partial charge is 0.462 e. The maximum absolute atomic E-state index is 10.4. The van der Waals surface area contributed by atoms with Gasteiger partial charge < -0.3 is 10.1 Å². The van der Waals surface area contributed by atoms with Crippen LogP contribution in [0, 0.1) is 0 Å². The van der Waals surface area contributed by atoms with Crippen LogP contribution >= 0.6 is 0 Å². The third-order valence-electron chi connectivity index (χ3n) is 1.84. The van der Waals surface area contributed by atoms with Crippen LogP contribution in [-0.4, -0.2) is 25.2 Å². The lowest BCUT2D eigenvalue weighted by molar-refractivity contribution is -0.151. The van der Waals surface area contributed by atoms with Gasteiger partial charge in [-0.1, -0.05) is 0 Å². The summed E-state index contributed by atoms with van der Waals surface area (Å²) in [5.41, 5.74) is 0. The molecule has 0 spiro atoms. The van der Waals surface area contributed by atoms with Crippen LogP contribution in [0.5, 0.6) is 0 Å². The summed E-state index contributed by atoms with van der Waals surface area (Å²) in [7, 11) is 1.93. The van der Waals surface area contributed by atoms with Crippen LogP contribution in [0.3, 0.4) is 0 Å². The van der Waals surface area contributed by atoms with Crippen molar-refractivity contribution in [3.63, 3.8) is 0 Å². The molecular formula is C7H13NO2. The van der Waals surface area contributed by atoms with E-state index in [4.69, 9.17) is 4.74 Å². The fourth-order valence-electron chi connectivity index (χ4n) is 1.13. The summed E-state index contributed by atoms with van der Waals surface area (Å²) in [5.74, 6) is -0.167. The Kier molecular flexibility index (Phi) is 2.27. The Labute approximate surface area is 60.7 Å². The predicted octanol–water partition coefficient (Wildman–Crippen LogP) is 0.300. The first-order valence-corrected chi connectivity index (χ1v) is 3.57. The molecule has 0 atom stereocenters. The van der Waals surface area contributed by atoms with E-state index in [0.717, 1.165) is 12.8 Å². The molecule has 10 heavy (non-hydrogen) atoms. The average molecular weight is 143 g/mol. The Morgan fingerprint density at radius 3 is 2.60 bits per heavy atom. The highest BCUT2D eigenvalue weighted by atomic mass is 16.5. The van der Waals surface area contributed by atoms with Crippen molar-refractivity contribution in [3.8, 4) is 0 Å². The van der Waals surface area contributed by atoms with Crippen LogP contribution < -0.4 is 5.32 Å². The second-order valence-electron chi connectivity index (χ2n) is 2.69. The second-order valence-corrected chi connectivity index (χ2v) is 2.69. The Balaban J connectivity index is 2.08. The van der Waals surface area contributed by atoms with Gasteiger partial charge >= 0.3 is 5.97 Å². The number of ether oxygens (including phenoxy) is 1. The molecule has 3 heteroatoms. The Hall–Kier alpha value is -0.570. The molecule has 0 radical (unpaired) electrons. The van der Waals surface area contributed by atoms with Crippen LogP contribution in [0.4, 0.5) is 0 Å². The fourth-order valence-corrected chi connectivity index (χ4v) is 1.13. The first-order valence-electron chi connectivity index (χ1n) is 3.57. The lowest BCUT2D eigenvalue weighted by Gasteiger charge is -2.33. The van der Waals surface area contributed by atoms with Crippen molar-refractivity contribution >= 4 is 5.97 Å². The van der Waals surface area contributed by atoms with Crippen molar-refractivity contribution in [1.82, 2.24) is 5.32 Å². The smallest absolute Gasteiger partial charge is 0.302 e. The predicted molar refractivity (Wildman–Crippen MR) is 37.6 cm³/mol. The molecule has 0 heterocycles. The molecule has 0 bridgehead atoms. The molecular weight excluding hydrogens is 130 g/mol. The van der Waals surface area contributed by atoms with Crippen LogP contribution in [-0.2, 0) is 9.53 Å². The van der Waals surface area contributed by atoms with Gasteiger partial charge in [-0.05, 0) is 19.9 Å². The van der Waals surface area contributed by atoms with Gasteiger partial charge in [0.15, 0.2) is 0 Å². The summed E-state index contributed by atoms with van der Waals surface area (Å²) in [6.45, 7) is 1.45. The molecule has 3 nitrogen and oxygen atoms in total. The topological polar surface area (TPSA) is 38.3 Å². The zero-order valence-corrected chi connectivity index (χ0v) is 6.39. The van der Waals surface area contributed by atoms with Crippen LogP contribution in [0.2, 0.25) is 0 Å². The van der Waals surface area contributed by atoms with Gasteiger partial charge in [-0.3, -0.25) is 4.79 Å². The van der Waals surface area contributed by atoms with Gasteiger partial charge in [-0.25, -0.2) is 0 Å². The monoisotopic (exact) mass is 143 g/mol. The Bertz CT molecular complexity index is 130. The summed E-state index contributed by atoms with van der Waals surface area (Å²) in [6.07, 6.45) is 2.11. The molecule has 0 aromatic carbocycles. The highest BCUT2D eigenvalue weighted by molar-refractivity contribution is 5.66. The summed E-state index contributed by atoms with van der Waals surface area (Å²) in [4.78, 5) is 10.4. The van der Waals surface area contributed by atoms with Gasteiger partial charge in [0, 0.05) is 13.0 Å². The van der Waals surface area contributed by atoms with Crippen molar-refractivity contribution in [2.24, 2.45) is 0 Å². The molecule has 0 aliphatic heterocycles. The van der Waals surface area contributed by atoms with E-state index in [0.29, 0.717) is 6.04 Å². The number of rotatable bonds is 2. The van der Waals surface area contributed by atoms with E-state index in [1.807, 2.05) is 7.05 Å². The van der Waals surface area contributed by atoms with Crippen molar-refractivity contribution in [3.05, 3.63) is 0 Å². The van der Waals surface area contributed by atoms with Crippen LogP contribution in [0.1, 0.15) is 19.8 Å². The molecule has 0 aromatic rings. The van der Waals surface area contributed by atoms with E-state index in [1.165, 1.54) is 6.92 Å². The average Bonchev–Trinajstić information content (AvgIpc) is 1.76. The SMILES string of the molecule is CNC1CC(OC(C)=O)C1. The van der Waals surface area contributed by atoms with Crippen molar-refractivity contribution in [2.75, 3.05) is 7.05 Å². The lowest BCUT2D eigenvalue weighted by atomic mass is 9.89. The summed E-state index contributed by atoms with van der Waals surface area (Å²) < 4.78 is 4.94. The quantitative estimate of drug-likeness (QED) is 0.565. The molecule has 0 unspecified atom stereocenters. The summed E-state index contributed by atoms with van der Waals surface area (Å²) in [6, 6.07) is 0.560. The van der Waals surface area contributed by atoms with Gasteiger partial charge in [0.1, 0.15) is 6.10 Å². The highest BCUT2D eigenvalue weighted by Crippen LogP contribution is 2.22. The maximum atomic E-state index is 10.4. The number of hydrogen-bond acceptors (Lipinski definition) is 3. The number of carbonyl (C=O) groups is 1. The summed E-state index contributed by atoms with van der Waals surface area (Å²) in [5, 5.41) is 3.11. The molecule has 1 fully saturated rings. The van der Waals surface area contributed by atoms with Crippen molar-refractivity contribution < 1.29 is 9.53 Å². The van der Waals surface area contributed by atoms with Gasteiger partial charge in [0.2, 0.25) is 0 Å². The van der Waals surface area contributed by atoms with E-state index >= 15 is 0 Å². The minimum atomic E-state index is -0.167. The van der Waals surface area contributed by atoms with Crippen molar-refractivity contribution in [1.29, 1.82) is 0 Å². The van der Waals surface area contributed by atoms with E-state index in [1.54, 1.807) is 0 Å². The Morgan fingerprint density at radius 2 is 2.20 bits per heavy atom. The van der Waals surface area contributed by atoms with Gasteiger partial charge in [-0.2, -0.15) is 0 Å². The molecule has 0 aromatic heterocycles. The van der Waals surface area contributed by atoms with E-state index in [-0.39, 0.29) is 12.1 Å². The maximum Gasteiger partial charge on any atom is 0.302 e. The number of nitrogens with one attached hydrogen (secondary N) is 1. The molecule has 1 saturated carbocycles. The molecule has 1 N–H and O–H groups in total. The van der Waals surface area contributed by atoms with Crippen LogP contribution in [0.25, 0.3) is 0 Å². The molecule has 58 valence electrons. The summed E-state index contributed by atoms with van der Waals surface area (Å²) >= 11 is 0. The normalized spacial score (nSPS) is 31.0. The van der Waals surface area contributed by atoms with Gasteiger partial charge in [-0.15, -0.1) is 0 Å². The molecule has 0 saturated heterocycles. The minimum Gasteiger partial charge on any atom is -0.462 e. The van der Waals surface area contributed by atoms with Crippen LogP contribution in [0.15, 0.2) is 0 Å². The number of esters is 1. The number of carbonyl (C=O) groups excluding carboxylic acids is 1. The molecule has 0 amide bonds. The first-order chi connectivity index (χ1) is 4.72.